The first-order chi connectivity index (χ1) is 8.63. The number of methoxy groups -OCH3 is 1. The van der Waals surface area contributed by atoms with Gasteiger partial charge in [-0.05, 0) is 12.1 Å². The first kappa shape index (κ1) is 12.5. The van der Waals surface area contributed by atoms with E-state index in [1.807, 2.05) is 0 Å². The molecular formula is C13H9ClFNO2. The van der Waals surface area contributed by atoms with Crippen LogP contribution >= 0.6 is 11.6 Å². The lowest BCUT2D eigenvalue weighted by Gasteiger charge is -2.06. The van der Waals surface area contributed by atoms with Crippen LogP contribution in [0.3, 0.4) is 0 Å². The number of halogens is 2. The fourth-order valence-corrected chi connectivity index (χ4v) is 1.72. The summed E-state index contributed by atoms with van der Waals surface area (Å²) in [7, 11) is 1.27. The van der Waals surface area contributed by atoms with Crippen LogP contribution in [0, 0.1) is 5.82 Å². The van der Waals surface area contributed by atoms with Gasteiger partial charge in [-0.15, -0.1) is 0 Å². The minimum absolute atomic E-state index is 0.0240. The maximum absolute atomic E-state index is 13.8. The molecule has 0 amide bonds. The molecule has 0 N–H and O–H groups in total. The van der Waals surface area contributed by atoms with Crippen molar-refractivity contribution < 1.29 is 13.9 Å². The van der Waals surface area contributed by atoms with Crippen molar-refractivity contribution in [2.45, 2.75) is 0 Å². The number of pyridine rings is 1. The first-order valence-corrected chi connectivity index (χ1v) is 5.49. The summed E-state index contributed by atoms with van der Waals surface area (Å²) in [5.41, 5.74) is 1.02. The molecule has 18 heavy (non-hydrogen) atoms. The van der Waals surface area contributed by atoms with Crippen LogP contribution in [0.15, 0.2) is 36.7 Å². The number of hydrogen-bond donors (Lipinski definition) is 0. The van der Waals surface area contributed by atoms with E-state index in [9.17, 15) is 9.18 Å². The van der Waals surface area contributed by atoms with Gasteiger partial charge in [0.2, 0.25) is 0 Å². The van der Waals surface area contributed by atoms with Crippen LogP contribution < -0.4 is 0 Å². The molecule has 0 unspecified atom stereocenters. The Morgan fingerprint density at radius 2 is 2.17 bits per heavy atom. The summed E-state index contributed by atoms with van der Waals surface area (Å²) in [5.74, 6) is -1.06. The SMILES string of the molecule is COC(=O)c1cncc(-c2cccc(Cl)c2F)c1. The molecule has 0 fully saturated rings. The van der Waals surface area contributed by atoms with E-state index in [1.165, 1.54) is 31.6 Å². The zero-order valence-electron chi connectivity index (χ0n) is 9.48. The van der Waals surface area contributed by atoms with Gasteiger partial charge in [0, 0.05) is 23.5 Å². The summed E-state index contributed by atoms with van der Waals surface area (Å²) >= 11 is 5.71. The Kier molecular flexibility index (Phi) is 3.58. The van der Waals surface area contributed by atoms with Crippen molar-refractivity contribution in [3.63, 3.8) is 0 Å². The van der Waals surface area contributed by atoms with Crippen LogP contribution in [-0.4, -0.2) is 18.1 Å². The van der Waals surface area contributed by atoms with Crippen molar-refractivity contribution in [3.05, 3.63) is 53.1 Å². The highest BCUT2D eigenvalue weighted by molar-refractivity contribution is 6.31. The van der Waals surface area contributed by atoms with Crippen LogP contribution in [0.1, 0.15) is 10.4 Å². The van der Waals surface area contributed by atoms with Crippen LogP contribution in [0.25, 0.3) is 11.1 Å². The van der Waals surface area contributed by atoms with Gasteiger partial charge in [0.25, 0.3) is 0 Å². The normalized spacial score (nSPS) is 10.2. The van der Waals surface area contributed by atoms with E-state index >= 15 is 0 Å². The summed E-state index contributed by atoms with van der Waals surface area (Å²) in [6.07, 6.45) is 2.82. The number of nitrogens with zero attached hydrogens (tertiary/aromatic N) is 1. The van der Waals surface area contributed by atoms with E-state index in [2.05, 4.69) is 9.72 Å². The molecule has 0 spiro atoms. The lowest BCUT2D eigenvalue weighted by atomic mass is 10.1. The molecule has 92 valence electrons. The zero-order valence-corrected chi connectivity index (χ0v) is 10.2. The number of carbonyl (C=O) groups excluding carboxylic acids is 1. The summed E-state index contributed by atoms with van der Waals surface area (Å²) in [6.45, 7) is 0. The minimum atomic E-state index is -0.539. The third-order valence-corrected chi connectivity index (χ3v) is 2.71. The summed E-state index contributed by atoms with van der Waals surface area (Å²) in [4.78, 5) is 15.3. The van der Waals surface area contributed by atoms with Gasteiger partial charge >= 0.3 is 5.97 Å². The molecule has 0 aliphatic heterocycles. The highest BCUT2D eigenvalue weighted by atomic mass is 35.5. The number of hydrogen-bond acceptors (Lipinski definition) is 3. The summed E-state index contributed by atoms with van der Waals surface area (Å²) in [6, 6.07) is 6.16. The quantitative estimate of drug-likeness (QED) is 0.782. The van der Waals surface area contributed by atoms with Crippen LogP contribution in [-0.2, 0) is 4.74 Å². The standard InChI is InChI=1S/C13H9ClFNO2/c1-18-13(17)9-5-8(6-16-7-9)10-3-2-4-11(14)12(10)15/h2-7H,1H3. The second-order valence-corrected chi connectivity index (χ2v) is 3.96. The molecule has 0 aliphatic carbocycles. The number of rotatable bonds is 2. The maximum Gasteiger partial charge on any atom is 0.339 e. The van der Waals surface area contributed by atoms with Crippen LogP contribution in [0.5, 0.6) is 0 Å². The molecule has 1 heterocycles. The predicted molar refractivity (Wildman–Crippen MR) is 66.0 cm³/mol. The van der Waals surface area contributed by atoms with Gasteiger partial charge in [-0.2, -0.15) is 0 Å². The number of esters is 1. The molecule has 1 aromatic heterocycles. The van der Waals surface area contributed by atoms with Crippen molar-refractivity contribution in [1.82, 2.24) is 4.98 Å². The number of ether oxygens (including phenoxy) is 1. The molecule has 0 bridgehead atoms. The maximum atomic E-state index is 13.8. The van der Waals surface area contributed by atoms with Gasteiger partial charge in [0.1, 0.15) is 5.82 Å². The Balaban J connectivity index is 2.51. The molecule has 5 heteroatoms. The average Bonchev–Trinajstić information content (AvgIpc) is 2.41. The minimum Gasteiger partial charge on any atom is -0.465 e. The molecule has 0 saturated heterocycles. The van der Waals surface area contributed by atoms with Crippen molar-refractivity contribution in [2.75, 3.05) is 7.11 Å². The van der Waals surface area contributed by atoms with Crippen LogP contribution in [0.2, 0.25) is 5.02 Å². The summed E-state index contributed by atoms with van der Waals surface area (Å²) < 4.78 is 18.4. The zero-order chi connectivity index (χ0) is 13.1. The number of carbonyl (C=O) groups is 1. The van der Waals surface area contributed by atoms with Gasteiger partial charge in [-0.25, -0.2) is 9.18 Å². The number of benzene rings is 1. The Hall–Kier alpha value is -1.94. The lowest BCUT2D eigenvalue weighted by molar-refractivity contribution is 0.0600. The summed E-state index contributed by atoms with van der Waals surface area (Å²) in [5, 5.41) is 0.0240. The second kappa shape index (κ2) is 5.14. The van der Waals surface area contributed by atoms with Gasteiger partial charge < -0.3 is 4.74 Å². The van der Waals surface area contributed by atoms with Gasteiger partial charge in [0.05, 0.1) is 17.7 Å². The molecule has 0 aliphatic rings. The third kappa shape index (κ3) is 2.33. The molecular weight excluding hydrogens is 257 g/mol. The largest absolute Gasteiger partial charge is 0.465 e. The third-order valence-electron chi connectivity index (χ3n) is 2.42. The second-order valence-electron chi connectivity index (χ2n) is 3.56. The highest BCUT2D eigenvalue weighted by Gasteiger charge is 2.12. The van der Waals surface area contributed by atoms with Gasteiger partial charge in [-0.3, -0.25) is 4.98 Å². The van der Waals surface area contributed by atoms with Crippen molar-refractivity contribution >= 4 is 17.6 Å². The fourth-order valence-electron chi connectivity index (χ4n) is 1.54. The Morgan fingerprint density at radius 1 is 1.39 bits per heavy atom. The van der Waals surface area contributed by atoms with Gasteiger partial charge in [-0.1, -0.05) is 23.7 Å². The Labute approximate surface area is 108 Å². The molecule has 1 aromatic carbocycles. The van der Waals surface area contributed by atoms with Crippen molar-refractivity contribution in [3.8, 4) is 11.1 Å². The fraction of sp³-hybridized carbons (Fsp3) is 0.0769. The first-order valence-electron chi connectivity index (χ1n) is 5.11. The smallest absolute Gasteiger partial charge is 0.339 e. The topological polar surface area (TPSA) is 39.2 Å². The molecule has 2 aromatic rings. The highest BCUT2D eigenvalue weighted by Crippen LogP contribution is 2.27. The Morgan fingerprint density at radius 3 is 2.89 bits per heavy atom. The van der Waals surface area contributed by atoms with E-state index in [0.29, 0.717) is 11.1 Å². The Bertz CT molecular complexity index is 601. The van der Waals surface area contributed by atoms with E-state index in [1.54, 1.807) is 12.1 Å². The van der Waals surface area contributed by atoms with Crippen molar-refractivity contribution in [2.24, 2.45) is 0 Å². The molecule has 0 atom stereocenters. The predicted octanol–water partition coefficient (Wildman–Crippen LogP) is 3.33. The monoisotopic (exact) mass is 265 g/mol. The lowest BCUT2D eigenvalue weighted by Crippen LogP contribution is -2.02. The van der Waals surface area contributed by atoms with Crippen molar-refractivity contribution in [1.29, 1.82) is 0 Å². The molecule has 3 nitrogen and oxygen atoms in total. The van der Waals surface area contributed by atoms with E-state index in [-0.39, 0.29) is 10.6 Å². The van der Waals surface area contributed by atoms with Crippen LogP contribution in [0.4, 0.5) is 4.39 Å². The molecule has 0 saturated carbocycles. The average molecular weight is 266 g/mol. The number of aromatic nitrogens is 1. The van der Waals surface area contributed by atoms with E-state index in [4.69, 9.17) is 11.6 Å². The van der Waals surface area contributed by atoms with E-state index < -0.39 is 11.8 Å². The van der Waals surface area contributed by atoms with E-state index in [0.717, 1.165) is 0 Å². The molecule has 2 rings (SSSR count). The van der Waals surface area contributed by atoms with Gasteiger partial charge in [0.15, 0.2) is 0 Å². The molecule has 0 radical (unpaired) electrons.